The summed E-state index contributed by atoms with van der Waals surface area (Å²) in [5, 5.41) is 7.31. The molecule has 128 valence electrons. The number of aryl methyl sites for hydroxylation is 1. The number of nitrogens with zero attached hydrogens (tertiary/aromatic N) is 4. The summed E-state index contributed by atoms with van der Waals surface area (Å²) < 4.78 is 3.95. The van der Waals surface area contributed by atoms with Crippen molar-refractivity contribution < 1.29 is 4.79 Å². The van der Waals surface area contributed by atoms with Crippen molar-refractivity contribution in [2.75, 3.05) is 37.6 Å². The highest BCUT2D eigenvalue weighted by Crippen LogP contribution is 2.19. The number of carbonyl (C=O) groups excluding carboxylic acids is 1. The highest BCUT2D eigenvalue weighted by molar-refractivity contribution is 7.05. The van der Waals surface area contributed by atoms with Gasteiger partial charge in [-0.3, -0.25) is 4.79 Å². The van der Waals surface area contributed by atoms with Crippen molar-refractivity contribution in [2.24, 2.45) is 0 Å². The largest absolute Gasteiger partial charge is 0.368 e. The molecule has 1 amide bonds. The Morgan fingerprint density at radius 3 is 2.58 bits per heavy atom. The van der Waals surface area contributed by atoms with E-state index >= 15 is 0 Å². The second-order valence-electron chi connectivity index (χ2n) is 6.03. The van der Waals surface area contributed by atoms with Gasteiger partial charge in [0.15, 0.2) is 0 Å². The lowest BCUT2D eigenvalue weighted by Gasteiger charge is -2.36. The number of nitrogens with one attached hydrogen (secondary N) is 1. The van der Waals surface area contributed by atoms with Gasteiger partial charge in [-0.15, -0.1) is 5.10 Å². The minimum absolute atomic E-state index is 0.0968. The van der Waals surface area contributed by atoms with Gasteiger partial charge < -0.3 is 15.1 Å². The number of amides is 1. The van der Waals surface area contributed by atoms with Crippen LogP contribution in [0.2, 0.25) is 0 Å². The van der Waals surface area contributed by atoms with Crippen LogP contribution in [-0.4, -0.2) is 53.1 Å². The number of benzene rings is 1. The molecular formula is C17H23N5OS. The number of anilines is 1. The lowest BCUT2D eigenvalue weighted by molar-refractivity contribution is -0.130. The fraction of sp³-hybridized carbons (Fsp3) is 0.471. The maximum Gasteiger partial charge on any atom is 0.236 e. The zero-order chi connectivity index (χ0) is 16.9. The highest BCUT2D eigenvalue weighted by Gasteiger charge is 2.22. The van der Waals surface area contributed by atoms with Crippen LogP contribution < -0.4 is 10.2 Å². The molecule has 1 fully saturated rings. The topological polar surface area (TPSA) is 61.4 Å². The molecule has 1 N–H and O–H groups in total. The van der Waals surface area contributed by atoms with Gasteiger partial charge >= 0.3 is 0 Å². The number of para-hydroxylation sites is 1. The standard InChI is InChI=1S/C17H23N5OS/c1-13(17-14(2)19-20-24-17)18-12-16(23)22-10-8-21(9-11-22)15-6-4-3-5-7-15/h3-7,13,18H,8-12H2,1-2H3. The molecule has 0 radical (unpaired) electrons. The van der Waals surface area contributed by atoms with Gasteiger partial charge in [0.25, 0.3) is 0 Å². The summed E-state index contributed by atoms with van der Waals surface area (Å²) in [6.07, 6.45) is 0. The Morgan fingerprint density at radius 2 is 1.96 bits per heavy atom. The number of aromatic nitrogens is 2. The second-order valence-corrected chi connectivity index (χ2v) is 6.81. The maximum atomic E-state index is 12.4. The summed E-state index contributed by atoms with van der Waals surface area (Å²) >= 11 is 1.39. The Labute approximate surface area is 146 Å². The number of piperazine rings is 1. The van der Waals surface area contributed by atoms with Gasteiger partial charge in [0, 0.05) is 37.9 Å². The lowest BCUT2D eigenvalue weighted by atomic mass is 10.2. The second kappa shape index (κ2) is 7.72. The molecule has 1 atom stereocenters. The Bertz CT molecular complexity index is 667. The lowest BCUT2D eigenvalue weighted by Crippen LogP contribution is -2.51. The molecule has 1 aromatic heterocycles. The highest BCUT2D eigenvalue weighted by atomic mass is 32.1. The molecule has 2 aromatic rings. The molecule has 7 heteroatoms. The molecule has 1 aliphatic heterocycles. The van der Waals surface area contributed by atoms with Crippen molar-refractivity contribution in [3.05, 3.63) is 40.9 Å². The zero-order valence-corrected chi connectivity index (χ0v) is 14.9. The van der Waals surface area contributed by atoms with Gasteiger partial charge in [-0.25, -0.2) is 0 Å². The SMILES string of the molecule is Cc1nnsc1C(C)NCC(=O)N1CCN(c2ccccc2)CC1. The number of carbonyl (C=O) groups is 1. The van der Waals surface area contributed by atoms with Crippen LogP contribution in [0.3, 0.4) is 0 Å². The van der Waals surface area contributed by atoms with Gasteiger partial charge in [-0.05, 0) is 37.5 Å². The van der Waals surface area contributed by atoms with E-state index < -0.39 is 0 Å². The summed E-state index contributed by atoms with van der Waals surface area (Å²) in [7, 11) is 0. The first kappa shape index (κ1) is 16.9. The average Bonchev–Trinajstić information content (AvgIpc) is 3.06. The number of hydrogen-bond donors (Lipinski definition) is 1. The maximum absolute atomic E-state index is 12.4. The van der Waals surface area contributed by atoms with Crippen LogP contribution in [0.5, 0.6) is 0 Å². The fourth-order valence-electron chi connectivity index (χ4n) is 2.93. The first-order valence-electron chi connectivity index (χ1n) is 8.25. The number of rotatable bonds is 5. The van der Waals surface area contributed by atoms with E-state index in [0.29, 0.717) is 6.54 Å². The Morgan fingerprint density at radius 1 is 1.25 bits per heavy atom. The van der Waals surface area contributed by atoms with Crippen LogP contribution in [0.1, 0.15) is 23.5 Å². The summed E-state index contributed by atoms with van der Waals surface area (Å²) in [5.41, 5.74) is 2.16. The third-order valence-electron chi connectivity index (χ3n) is 4.39. The molecule has 1 unspecified atom stereocenters. The van der Waals surface area contributed by atoms with Crippen molar-refractivity contribution in [3.8, 4) is 0 Å². The molecule has 1 aromatic carbocycles. The van der Waals surface area contributed by atoms with Crippen molar-refractivity contribution in [3.63, 3.8) is 0 Å². The Hall–Kier alpha value is -1.99. The molecule has 0 spiro atoms. The van der Waals surface area contributed by atoms with Crippen molar-refractivity contribution in [1.29, 1.82) is 0 Å². The van der Waals surface area contributed by atoms with Crippen molar-refractivity contribution >= 4 is 23.1 Å². The van der Waals surface area contributed by atoms with E-state index in [1.54, 1.807) is 0 Å². The van der Waals surface area contributed by atoms with Gasteiger partial charge in [0.2, 0.25) is 5.91 Å². The van der Waals surface area contributed by atoms with E-state index in [1.807, 2.05) is 24.8 Å². The van der Waals surface area contributed by atoms with Crippen LogP contribution in [0.25, 0.3) is 0 Å². The minimum atomic E-state index is 0.0968. The zero-order valence-electron chi connectivity index (χ0n) is 14.1. The average molecular weight is 345 g/mol. The molecule has 0 bridgehead atoms. The van der Waals surface area contributed by atoms with Gasteiger partial charge in [0.05, 0.1) is 17.1 Å². The van der Waals surface area contributed by atoms with Gasteiger partial charge in [-0.2, -0.15) is 0 Å². The smallest absolute Gasteiger partial charge is 0.236 e. The summed E-state index contributed by atoms with van der Waals surface area (Å²) in [5.74, 6) is 0.157. The summed E-state index contributed by atoms with van der Waals surface area (Å²) in [6.45, 7) is 7.64. The van der Waals surface area contributed by atoms with E-state index in [9.17, 15) is 4.79 Å². The van der Waals surface area contributed by atoms with E-state index in [2.05, 4.69) is 44.1 Å². The van der Waals surface area contributed by atoms with Crippen LogP contribution in [0, 0.1) is 6.92 Å². The molecule has 0 saturated carbocycles. The molecular weight excluding hydrogens is 322 g/mol. The third-order valence-corrected chi connectivity index (χ3v) is 5.40. The van der Waals surface area contributed by atoms with Crippen LogP contribution in [0.4, 0.5) is 5.69 Å². The van der Waals surface area contributed by atoms with E-state index in [4.69, 9.17) is 0 Å². The van der Waals surface area contributed by atoms with Crippen LogP contribution in [0.15, 0.2) is 30.3 Å². The van der Waals surface area contributed by atoms with Crippen molar-refractivity contribution in [1.82, 2.24) is 19.8 Å². The molecule has 1 aliphatic rings. The molecule has 24 heavy (non-hydrogen) atoms. The Balaban J connectivity index is 1.46. The third kappa shape index (κ3) is 3.91. The van der Waals surface area contributed by atoms with E-state index in [-0.39, 0.29) is 11.9 Å². The molecule has 3 rings (SSSR count). The first-order valence-corrected chi connectivity index (χ1v) is 9.02. The molecule has 6 nitrogen and oxygen atoms in total. The first-order chi connectivity index (χ1) is 11.6. The predicted octanol–water partition coefficient (Wildman–Crippen LogP) is 1.85. The van der Waals surface area contributed by atoms with E-state index in [1.165, 1.54) is 17.2 Å². The molecule has 0 aliphatic carbocycles. The quantitative estimate of drug-likeness (QED) is 0.896. The Kier molecular flexibility index (Phi) is 5.42. The van der Waals surface area contributed by atoms with Crippen LogP contribution in [-0.2, 0) is 4.79 Å². The monoisotopic (exact) mass is 345 g/mol. The van der Waals surface area contributed by atoms with Crippen molar-refractivity contribution in [2.45, 2.75) is 19.9 Å². The summed E-state index contributed by atoms with van der Waals surface area (Å²) in [6, 6.07) is 10.5. The fourth-order valence-corrected chi connectivity index (χ4v) is 3.60. The van der Waals surface area contributed by atoms with E-state index in [0.717, 1.165) is 36.8 Å². The summed E-state index contributed by atoms with van der Waals surface area (Å²) in [4.78, 5) is 17.8. The van der Waals surface area contributed by atoms with Gasteiger partial charge in [0.1, 0.15) is 0 Å². The van der Waals surface area contributed by atoms with Gasteiger partial charge in [-0.1, -0.05) is 22.7 Å². The molecule has 1 saturated heterocycles. The minimum Gasteiger partial charge on any atom is -0.368 e. The molecule has 2 heterocycles. The number of hydrogen-bond acceptors (Lipinski definition) is 6. The normalized spacial score (nSPS) is 16.2. The van der Waals surface area contributed by atoms with Crippen LogP contribution >= 0.6 is 11.5 Å². The predicted molar refractivity (Wildman–Crippen MR) is 96.3 cm³/mol.